The van der Waals surface area contributed by atoms with Gasteiger partial charge in [-0.3, -0.25) is 4.79 Å². The molecule has 0 aliphatic carbocycles. The third-order valence-corrected chi connectivity index (χ3v) is 3.73. The number of rotatable bonds is 4. The van der Waals surface area contributed by atoms with Gasteiger partial charge in [-0.2, -0.15) is 0 Å². The van der Waals surface area contributed by atoms with Crippen LogP contribution in [0.5, 0.6) is 0 Å². The molecule has 1 heterocycles. The summed E-state index contributed by atoms with van der Waals surface area (Å²) in [6, 6.07) is 15.2. The summed E-state index contributed by atoms with van der Waals surface area (Å²) >= 11 is 6.12. The van der Waals surface area contributed by atoms with Crippen molar-refractivity contribution in [1.82, 2.24) is 4.98 Å². The zero-order valence-electron chi connectivity index (χ0n) is 12.1. The molecule has 0 spiro atoms. The summed E-state index contributed by atoms with van der Waals surface area (Å²) in [5.74, 6) is -0.739. The summed E-state index contributed by atoms with van der Waals surface area (Å²) in [6.45, 7) is 0.0523. The first-order chi connectivity index (χ1) is 11.1. The second kappa shape index (κ2) is 6.75. The van der Waals surface area contributed by atoms with Crippen molar-refractivity contribution < 1.29 is 13.9 Å². The maximum absolute atomic E-state index is 12.8. The van der Waals surface area contributed by atoms with Crippen LogP contribution in [0.1, 0.15) is 11.1 Å². The van der Waals surface area contributed by atoms with Gasteiger partial charge in [0.25, 0.3) is 0 Å². The highest BCUT2D eigenvalue weighted by molar-refractivity contribution is 6.30. The van der Waals surface area contributed by atoms with Crippen LogP contribution in [0.3, 0.4) is 0 Å². The molecule has 0 unspecified atom stereocenters. The molecule has 0 radical (unpaired) electrons. The molecule has 0 fully saturated rings. The van der Waals surface area contributed by atoms with E-state index in [9.17, 15) is 9.18 Å². The fraction of sp³-hybridized carbons (Fsp3) is 0.111. The monoisotopic (exact) mass is 329 g/mol. The van der Waals surface area contributed by atoms with Crippen molar-refractivity contribution in [3.63, 3.8) is 0 Å². The van der Waals surface area contributed by atoms with Crippen molar-refractivity contribution >= 4 is 28.5 Å². The number of halogens is 2. The molecule has 0 N–H and O–H groups in total. The second-order valence-electron chi connectivity index (χ2n) is 5.09. The summed E-state index contributed by atoms with van der Waals surface area (Å²) in [7, 11) is 0. The molecule has 23 heavy (non-hydrogen) atoms. The van der Waals surface area contributed by atoms with E-state index in [1.165, 1.54) is 12.1 Å². The lowest BCUT2D eigenvalue weighted by molar-refractivity contribution is -0.144. The molecular weight excluding hydrogens is 317 g/mol. The van der Waals surface area contributed by atoms with Crippen molar-refractivity contribution in [2.24, 2.45) is 0 Å². The highest BCUT2D eigenvalue weighted by Gasteiger charge is 2.09. The van der Waals surface area contributed by atoms with E-state index in [-0.39, 0.29) is 18.8 Å². The minimum Gasteiger partial charge on any atom is -0.460 e. The molecule has 1 aromatic heterocycles. The largest absolute Gasteiger partial charge is 0.460 e. The molecule has 0 aliphatic heterocycles. The highest BCUT2D eigenvalue weighted by Crippen LogP contribution is 2.21. The Morgan fingerprint density at radius 2 is 1.87 bits per heavy atom. The Kier molecular flexibility index (Phi) is 4.53. The van der Waals surface area contributed by atoms with Gasteiger partial charge in [-0.1, -0.05) is 41.9 Å². The lowest BCUT2D eigenvalue weighted by Crippen LogP contribution is -2.08. The average Bonchev–Trinajstić information content (AvgIpc) is 2.55. The van der Waals surface area contributed by atoms with Crippen molar-refractivity contribution in [3.8, 4) is 0 Å². The number of benzene rings is 2. The summed E-state index contributed by atoms with van der Waals surface area (Å²) in [4.78, 5) is 16.1. The number of ether oxygens (including phenoxy) is 1. The van der Waals surface area contributed by atoms with Crippen molar-refractivity contribution in [2.75, 3.05) is 0 Å². The second-order valence-corrected chi connectivity index (χ2v) is 5.45. The molecule has 3 aromatic rings. The molecule has 3 rings (SSSR count). The first kappa shape index (κ1) is 15.4. The zero-order chi connectivity index (χ0) is 16.2. The summed E-state index contributed by atoms with van der Waals surface area (Å²) < 4.78 is 18.1. The van der Waals surface area contributed by atoms with Crippen LogP contribution in [0.2, 0.25) is 5.15 Å². The fourth-order valence-electron chi connectivity index (χ4n) is 2.22. The van der Waals surface area contributed by atoms with Crippen molar-refractivity contribution in [3.05, 3.63) is 76.7 Å². The number of carbonyl (C=O) groups excluding carboxylic acids is 1. The van der Waals surface area contributed by atoms with Crippen LogP contribution in [-0.4, -0.2) is 11.0 Å². The lowest BCUT2D eigenvalue weighted by Gasteiger charge is -2.08. The number of esters is 1. The van der Waals surface area contributed by atoms with Crippen LogP contribution in [0, 0.1) is 5.82 Å². The van der Waals surface area contributed by atoms with E-state index < -0.39 is 5.97 Å². The predicted octanol–water partition coefficient (Wildman–Crippen LogP) is 4.31. The quantitative estimate of drug-likeness (QED) is 0.529. The number of nitrogens with zero attached hydrogens (tertiary/aromatic N) is 1. The molecule has 0 amide bonds. The third kappa shape index (κ3) is 3.85. The van der Waals surface area contributed by atoms with Gasteiger partial charge in [-0.15, -0.1) is 0 Å². The number of hydrogen-bond acceptors (Lipinski definition) is 3. The molecule has 0 saturated carbocycles. The number of hydrogen-bond donors (Lipinski definition) is 0. The van der Waals surface area contributed by atoms with Gasteiger partial charge in [0, 0.05) is 10.9 Å². The van der Waals surface area contributed by atoms with Crippen molar-refractivity contribution in [2.45, 2.75) is 13.0 Å². The van der Waals surface area contributed by atoms with Crippen LogP contribution in [0.15, 0.2) is 54.6 Å². The Hall–Kier alpha value is -2.46. The fourth-order valence-corrected chi connectivity index (χ4v) is 2.42. The summed E-state index contributed by atoms with van der Waals surface area (Å²) in [5.41, 5.74) is 2.14. The number of para-hydroxylation sites is 1. The Labute approximate surface area is 137 Å². The standard InChI is InChI=1S/C18H13ClFNO2/c19-18-14(10-13-3-1-2-4-16(13)21-18)11-23-17(22)9-12-5-7-15(20)8-6-12/h1-8,10H,9,11H2. The van der Waals surface area contributed by atoms with Gasteiger partial charge in [0.15, 0.2) is 0 Å². The molecular formula is C18H13ClFNO2. The molecule has 0 aliphatic rings. The normalized spacial score (nSPS) is 10.7. The van der Waals surface area contributed by atoms with E-state index in [1.54, 1.807) is 12.1 Å². The smallest absolute Gasteiger partial charge is 0.310 e. The predicted molar refractivity (Wildman–Crippen MR) is 86.7 cm³/mol. The van der Waals surface area contributed by atoms with Gasteiger partial charge in [0.2, 0.25) is 0 Å². The topological polar surface area (TPSA) is 39.2 Å². The Balaban J connectivity index is 1.66. The van der Waals surface area contributed by atoms with Crippen LogP contribution >= 0.6 is 11.6 Å². The van der Waals surface area contributed by atoms with Crippen LogP contribution in [-0.2, 0) is 22.6 Å². The Morgan fingerprint density at radius 1 is 1.13 bits per heavy atom. The maximum atomic E-state index is 12.8. The van der Waals surface area contributed by atoms with Gasteiger partial charge in [0.1, 0.15) is 17.6 Å². The summed E-state index contributed by atoms with van der Waals surface area (Å²) in [5, 5.41) is 1.25. The zero-order valence-corrected chi connectivity index (χ0v) is 12.9. The van der Waals surface area contributed by atoms with Crippen LogP contribution < -0.4 is 0 Å². The highest BCUT2D eigenvalue weighted by atomic mass is 35.5. The molecule has 3 nitrogen and oxygen atoms in total. The minimum absolute atomic E-state index is 0.0523. The van der Waals surface area contributed by atoms with Crippen molar-refractivity contribution in [1.29, 1.82) is 0 Å². The summed E-state index contributed by atoms with van der Waals surface area (Å²) in [6.07, 6.45) is 0.0823. The van der Waals surface area contributed by atoms with Gasteiger partial charge >= 0.3 is 5.97 Å². The number of carbonyl (C=O) groups is 1. The molecule has 0 atom stereocenters. The Bertz CT molecular complexity index is 849. The van der Waals surface area contributed by atoms with Gasteiger partial charge < -0.3 is 4.74 Å². The van der Waals surface area contributed by atoms with E-state index >= 15 is 0 Å². The number of pyridine rings is 1. The number of fused-ring (bicyclic) bond motifs is 1. The molecule has 2 aromatic carbocycles. The van der Waals surface area contributed by atoms with Gasteiger partial charge in [-0.05, 0) is 29.8 Å². The molecule has 0 bridgehead atoms. The Morgan fingerprint density at radius 3 is 2.65 bits per heavy atom. The van der Waals surface area contributed by atoms with E-state index in [0.29, 0.717) is 16.3 Å². The SMILES string of the molecule is O=C(Cc1ccc(F)cc1)OCc1cc2ccccc2nc1Cl. The van der Waals surface area contributed by atoms with Gasteiger partial charge in [0.05, 0.1) is 11.9 Å². The van der Waals surface area contributed by atoms with Crippen LogP contribution in [0.25, 0.3) is 10.9 Å². The number of aromatic nitrogens is 1. The first-order valence-corrected chi connectivity index (χ1v) is 7.44. The third-order valence-electron chi connectivity index (χ3n) is 3.40. The minimum atomic E-state index is -0.402. The molecule has 0 saturated heterocycles. The van der Waals surface area contributed by atoms with Gasteiger partial charge in [-0.25, -0.2) is 9.37 Å². The van der Waals surface area contributed by atoms with Crippen LogP contribution in [0.4, 0.5) is 4.39 Å². The lowest BCUT2D eigenvalue weighted by atomic mass is 10.1. The molecule has 116 valence electrons. The van der Waals surface area contributed by atoms with E-state index in [2.05, 4.69) is 4.98 Å². The van der Waals surface area contributed by atoms with E-state index in [0.717, 1.165) is 10.9 Å². The average molecular weight is 330 g/mol. The molecule has 5 heteroatoms. The van der Waals surface area contributed by atoms with E-state index in [4.69, 9.17) is 16.3 Å². The van der Waals surface area contributed by atoms with E-state index in [1.807, 2.05) is 30.3 Å². The first-order valence-electron chi connectivity index (χ1n) is 7.06. The maximum Gasteiger partial charge on any atom is 0.310 e.